The Labute approximate surface area is 110 Å². The molecule has 18 heavy (non-hydrogen) atoms. The van der Waals surface area contributed by atoms with E-state index >= 15 is 0 Å². The van der Waals surface area contributed by atoms with Crippen LogP contribution in [0.5, 0.6) is 0 Å². The molecule has 0 radical (unpaired) electrons. The van der Waals surface area contributed by atoms with E-state index in [2.05, 4.69) is 10.8 Å². The van der Waals surface area contributed by atoms with E-state index in [4.69, 9.17) is 8.92 Å². The second kappa shape index (κ2) is 7.23. The lowest BCUT2D eigenvalue weighted by Crippen LogP contribution is -2.45. The molecule has 1 unspecified atom stereocenters. The summed E-state index contributed by atoms with van der Waals surface area (Å²) in [7, 11) is -2.91. The minimum absolute atomic E-state index is 0.374. The molecular formula is C12H24O5S. The first-order valence-corrected chi connectivity index (χ1v) is 7.33. The fraction of sp³-hybridized carbons (Fsp3) is 0.833. The van der Waals surface area contributed by atoms with Crippen LogP contribution in [-0.4, -0.2) is 33.8 Å². The van der Waals surface area contributed by atoms with Gasteiger partial charge in [-0.1, -0.05) is 26.0 Å². The van der Waals surface area contributed by atoms with Crippen LogP contribution in [0.3, 0.4) is 0 Å². The molecule has 0 aliphatic carbocycles. The summed E-state index contributed by atoms with van der Waals surface area (Å²) in [6.07, 6.45) is 0.626. The maximum absolute atomic E-state index is 11.5. The van der Waals surface area contributed by atoms with Gasteiger partial charge in [-0.2, -0.15) is 8.42 Å². The Balaban J connectivity index is 4.95. The molecule has 1 atom stereocenters. The van der Waals surface area contributed by atoms with Crippen LogP contribution in [-0.2, 0) is 23.5 Å². The summed E-state index contributed by atoms with van der Waals surface area (Å²) in [4.78, 5) is 0. The molecule has 6 heteroatoms. The summed E-state index contributed by atoms with van der Waals surface area (Å²) < 4.78 is 38.0. The lowest BCUT2D eigenvalue weighted by molar-refractivity contribution is -0.0843. The predicted octanol–water partition coefficient (Wildman–Crippen LogP) is 2.43. The standard InChI is InChI=1S/C12H24O5S/c1-7-12(8-2,17-18(13,14)15-6)11(5)16-9-10(3)4/h11H,3,7-9H2,1-2,4-6H3. The third-order valence-electron chi connectivity index (χ3n) is 2.99. The molecule has 0 spiro atoms. The van der Waals surface area contributed by atoms with E-state index in [-0.39, 0.29) is 6.10 Å². The SMILES string of the molecule is C=C(C)COC(C)C(CC)(CC)OS(=O)(=O)OC. The summed E-state index contributed by atoms with van der Waals surface area (Å²) in [5.74, 6) is 0. The van der Waals surface area contributed by atoms with Crippen LogP contribution in [0, 0.1) is 0 Å². The van der Waals surface area contributed by atoms with Crippen LogP contribution in [0.15, 0.2) is 12.2 Å². The van der Waals surface area contributed by atoms with Crippen LogP contribution in [0.4, 0.5) is 0 Å². The Hall–Kier alpha value is -0.430. The smallest absolute Gasteiger partial charge is 0.371 e. The minimum Gasteiger partial charge on any atom is -0.371 e. The predicted molar refractivity (Wildman–Crippen MR) is 70.6 cm³/mol. The van der Waals surface area contributed by atoms with E-state index in [1.165, 1.54) is 0 Å². The molecule has 0 heterocycles. The molecule has 0 aliphatic heterocycles. The molecule has 0 N–H and O–H groups in total. The summed E-state index contributed by atoms with van der Waals surface area (Å²) in [5, 5.41) is 0. The fourth-order valence-corrected chi connectivity index (χ4v) is 2.51. The molecule has 0 aromatic carbocycles. The average molecular weight is 280 g/mol. The zero-order valence-corrected chi connectivity index (χ0v) is 12.7. The topological polar surface area (TPSA) is 61.8 Å². The molecule has 0 saturated carbocycles. The first-order valence-electron chi connectivity index (χ1n) is 6.00. The van der Waals surface area contributed by atoms with Gasteiger partial charge >= 0.3 is 10.4 Å². The average Bonchev–Trinajstić information content (AvgIpc) is 2.33. The third kappa shape index (κ3) is 5.06. The van der Waals surface area contributed by atoms with Crippen molar-refractivity contribution in [2.45, 2.75) is 52.2 Å². The number of hydrogen-bond donors (Lipinski definition) is 0. The van der Waals surface area contributed by atoms with Gasteiger partial charge in [0.25, 0.3) is 0 Å². The van der Waals surface area contributed by atoms with Gasteiger partial charge in [0.15, 0.2) is 0 Å². The van der Waals surface area contributed by atoms with Crippen molar-refractivity contribution in [1.82, 2.24) is 0 Å². The lowest BCUT2D eigenvalue weighted by atomic mass is 9.91. The maximum Gasteiger partial charge on any atom is 0.400 e. The Bertz CT molecular complexity index is 357. The largest absolute Gasteiger partial charge is 0.400 e. The van der Waals surface area contributed by atoms with Gasteiger partial charge < -0.3 is 4.74 Å². The molecular weight excluding hydrogens is 256 g/mol. The van der Waals surface area contributed by atoms with Gasteiger partial charge in [-0.25, -0.2) is 4.18 Å². The Morgan fingerprint density at radius 2 is 1.83 bits per heavy atom. The van der Waals surface area contributed by atoms with Gasteiger partial charge in [0.2, 0.25) is 0 Å². The monoisotopic (exact) mass is 280 g/mol. The van der Waals surface area contributed by atoms with Crippen molar-refractivity contribution in [2.24, 2.45) is 0 Å². The van der Waals surface area contributed by atoms with E-state index in [9.17, 15) is 8.42 Å². The van der Waals surface area contributed by atoms with Crippen molar-refractivity contribution in [2.75, 3.05) is 13.7 Å². The molecule has 0 rings (SSSR count). The summed E-state index contributed by atoms with van der Waals surface area (Å²) in [6.45, 7) is 11.5. The van der Waals surface area contributed by atoms with Crippen molar-refractivity contribution in [3.8, 4) is 0 Å². The first-order chi connectivity index (χ1) is 8.23. The molecule has 0 aliphatic rings. The Kier molecular flexibility index (Phi) is 7.06. The molecule has 0 bridgehead atoms. The highest BCUT2D eigenvalue weighted by Gasteiger charge is 2.39. The van der Waals surface area contributed by atoms with Gasteiger partial charge in [0, 0.05) is 0 Å². The normalized spacial score (nSPS) is 14.5. The van der Waals surface area contributed by atoms with E-state index in [0.717, 1.165) is 12.7 Å². The van der Waals surface area contributed by atoms with Crippen LogP contribution in [0.1, 0.15) is 40.5 Å². The zero-order chi connectivity index (χ0) is 14.4. The zero-order valence-electron chi connectivity index (χ0n) is 11.9. The number of hydrogen-bond acceptors (Lipinski definition) is 5. The van der Waals surface area contributed by atoms with E-state index in [0.29, 0.717) is 19.4 Å². The van der Waals surface area contributed by atoms with Crippen LogP contribution < -0.4 is 0 Å². The van der Waals surface area contributed by atoms with Crippen molar-refractivity contribution in [3.05, 3.63) is 12.2 Å². The second-order valence-electron chi connectivity index (χ2n) is 4.34. The Morgan fingerprint density at radius 3 is 2.17 bits per heavy atom. The summed E-state index contributed by atoms with van der Waals surface area (Å²) >= 11 is 0. The molecule has 0 aromatic rings. The molecule has 0 aromatic heterocycles. The lowest BCUT2D eigenvalue weighted by Gasteiger charge is -2.35. The van der Waals surface area contributed by atoms with E-state index in [1.807, 2.05) is 20.8 Å². The van der Waals surface area contributed by atoms with E-state index < -0.39 is 16.0 Å². The van der Waals surface area contributed by atoms with Gasteiger partial charge in [-0.15, -0.1) is 0 Å². The fourth-order valence-electron chi connectivity index (χ4n) is 1.67. The molecule has 0 saturated heterocycles. The number of rotatable bonds is 9. The van der Waals surface area contributed by atoms with E-state index in [1.54, 1.807) is 6.92 Å². The Morgan fingerprint density at radius 1 is 1.33 bits per heavy atom. The highest BCUT2D eigenvalue weighted by Crippen LogP contribution is 2.29. The molecule has 5 nitrogen and oxygen atoms in total. The van der Waals surface area contributed by atoms with Crippen LogP contribution >= 0.6 is 0 Å². The third-order valence-corrected chi connectivity index (χ3v) is 3.93. The van der Waals surface area contributed by atoms with Crippen molar-refractivity contribution in [3.63, 3.8) is 0 Å². The molecule has 108 valence electrons. The maximum atomic E-state index is 11.5. The van der Waals surface area contributed by atoms with Gasteiger partial charge in [-0.3, -0.25) is 4.18 Å². The van der Waals surface area contributed by atoms with Crippen LogP contribution in [0.2, 0.25) is 0 Å². The second-order valence-corrected chi connectivity index (χ2v) is 5.66. The van der Waals surface area contributed by atoms with Crippen molar-refractivity contribution in [1.29, 1.82) is 0 Å². The summed E-state index contributed by atoms with van der Waals surface area (Å²) in [6, 6.07) is 0. The summed E-state index contributed by atoms with van der Waals surface area (Å²) in [5.41, 5.74) is -0.0397. The van der Waals surface area contributed by atoms with Gasteiger partial charge in [0.1, 0.15) is 5.60 Å². The minimum atomic E-state index is -3.99. The quantitative estimate of drug-likeness (QED) is 0.607. The van der Waals surface area contributed by atoms with Crippen molar-refractivity contribution >= 4 is 10.4 Å². The highest BCUT2D eigenvalue weighted by atomic mass is 32.3. The highest BCUT2D eigenvalue weighted by molar-refractivity contribution is 7.81. The van der Waals surface area contributed by atoms with Crippen molar-refractivity contribution < 1.29 is 21.5 Å². The molecule has 0 amide bonds. The molecule has 0 fully saturated rings. The van der Waals surface area contributed by atoms with Gasteiger partial charge in [0.05, 0.1) is 19.8 Å². The van der Waals surface area contributed by atoms with Gasteiger partial charge in [-0.05, 0) is 26.7 Å². The van der Waals surface area contributed by atoms with Crippen LogP contribution in [0.25, 0.3) is 0 Å². The first kappa shape index (κ1) is 17.6. The number of ether oxygens (including phenoxy) is 1.